The van der Waals surface area contributed by atoms with Gasteiger partial charge in [-0.05, 0) is 31.5 Å². The van der Waals surface area contributed by atoms with Crippen LogP contribution in [-0.4, -0.2) is 25.5 Å². The second-order valence-electron chi connectivity index (χ2n) is 4.58. The van der Waals surface area contributed by atoms with Gasteiger partial charge in [-0.3, -0.25) is 4.79 Å². The lowest BCUT2D eigenvalue weighted by atomic mass is 10.1. The maximum absolute atomic E-state index is 12.1. The van der Waals surface area contributed by atoms with Crippen LogP contribution in [0.2, 0.25) is 0 Å². The minimum Gasteiger partial charge on any atom is -0.314 e. The molecule has 1 heterocycles. The number of carbonyl (C=O) groups is 1. The molecule has 1 atom stereocenters. The number of nitrogens with zero attached hydrogens (tertiary/aromatic N) is 2. The highest BCUT2D eigenvalue weighted by atomic mass is 16.2. The Morgan fingerprint density at radius 2 is 2.33 bits per heavy atom. The van der Waals surface area contributed by atoms with E-state index in [1.54, 1.807) is 30.1 Å². The molecular formula is C14H17N3O. The Balaban J connectivity index is 2.08. The van der Waals surface area contributed by atoms with Crippen LogP contribution >= 0.6 is 0 Å². The van der Waals surface area contributed by atoms with E-state index in [1.165, 1.54) is 0 Å². The first kappa shape index (κ1) is 12.6. The third-order valence-corrected chi connectivity index (χ3v) is 3.34. The van der Waals surface area contributed by atoms with Crippen molar-refractivity contribution in [2.45, 2.75) is 25.3 Å². The van der Waals surface area contributed by atoms with Gasteiger partial charge in [-0.25, -0.2) is 0 Å². The van der Waals surface area contributed by atoms with Gasteiger partial charge in [-0.15, -0.1) is 0 Å². The monoisotopic (exact) mass is 243 g/mol. The average Bonchev–Trinajstić information content (AvgIpc) is 2.90. The van der Waals surface area contributed by atoms with Crippen molar-refractivity contribution >= 4 is 11.6 Å². The summed E-state index contributed by atoms with van der Waals surface area (Å²) in [5.74, 6) is 0.0529. The summed E-state index contributed by atoms with van der Waals surface area (Å²) in [5.41, 5.74) is 1.22. The molecule has 1 N–H and O–H groups in total. The van der Waals surface area contributed by atoms with Crippen LogP contribution in [0, 0.1) is 11.3 Å². The van der Waals surface area contributed by atoms with E-state index >= 15 is 0 Å². The van der Waals surface area contributed by atoms with E-state index < -0.39 is 0 Å². The van der Waals surface area contributed by atoms with Gasteiger partial charge in [0.25, 0.3) is 0 Å². The molecule has 1 aromatic rings. The molecule has 0 spiro atoms. The summed E-state index contributed by atoms with van der Waals surface area (Å²) in [5, 5.41) is 12.3. The van der Waals surface area contributed by atoms with Crippen molar-refractivity contribution in [3.05, 3.63) is 29.8 Å². The molecule has 0 radical (unpaired) electrons. The first-order chi connectivity index (χ1) is 8.72. The molecule has 0 bridgehead atoms. The number of benzene rings is 1. The fraction of sp³-hybridized carbons (Fsp3) is 0.429. The minimum absolute atomic E-state index is 0.0529. The van der Waals surface area contributed by atoms with Gasteiger partial charge in [0, 0.05) is 19.5 Å². The molecule has 4 heteroatoms. The van der Waals surface area contributed by atoms with Gasteiger partial charge in [-0.1, -0.05) is 12.1 Å². The zero-order valence-electron chi connectivity index (χ0n) is 10.5. The second-order valence-corrected chi connectivity index (χ2v) is 4.58. The van der Waals surface area contributed by atoms with Crippen molar-refractivity contribution < 1.29 is 4.79 Å². The molecule has 1 amide bonds. The smallest absolute Gasteiger partial charge is 0.228 e. The Hall–Kier alpha value is -1.86. The van der Waals surface area contributed by atoms with Crippen LogP contribution < -0.4 is 10.2 Å². The third-order valence-electron chi connectivity index (χ3n) is 3.34. The molecule has 94 valence electrons. The van der Waals surface area contributed by atoms with Gasteiger partial charge in [0.15, 0.2) is 0 Å². The van der Waals surface area contributed by atoms with E-state index in [1.807, 2.05) is 6.07 Å². The quantitative estimate of drug-likeness (QED) is 0.878. The fourth-order valence-corrected chi connectivity index (χ4v) is 2.27. The molecule has 1 aromatic carbocycles. The highest BCUT2D eigenvalue weighted by molar-refractivity contribution is 5.94. The number of nitrogens with one attached hydrogen (secondary N) is 1. The van der Waals surface area contributed by atoms with Crippen molar-refractivity contribution in [1.29, 1.82) is 5.26 Å². The lowest BCUT2D eigenvalue weighted by molar-refractivity contribution is -0.118. The normalized spacial score (nSPS) is 18.3. The summed E-state index contributed by atoms with van der Waals surface area (Å²) in [6.45, 7) is 0.996. The number of anilines is 1. The lowest BCUT2D eigenvalue weighted by Gasteiger charge is -2.20. The van der Waals surface area contributed by atoms with E-state index in [-0.39, 0.29) is 11.9 Å². The average molecular weight is 243 g/mol. The van der Waals surface area contributed by atoms with Gasteiger partial charge >= 0.3 is 0 Å². The van der Waals surface area contributed by atoms with E-state index in [0.717, 1.165) is 19.4 Å². The molecule has 0 saturated carbocycles. The Morgan fingerprint density at radius 1 is 1.56 bits per heavy atom. The maximum Gasteiger partial charge on any atom is 0.228 e. The molecule has 2 rings (SSSR count). The number of amides is 1. The fourth-order valence-electron chi connectivity index (χ4n) is 2.27. The van der Waals surface area contributed by atoms with Crippen LogP contribution in [0.15, 0.2) is 24.3 Å². The second kappa shape index (κ2) is 5.65. The van der Waals surface area contributed by atoms with Gasteiger partial charge in [0.05, 0.1) is 11.3 Å². The van der Waals surface area contributed by atoms with Crippen LogP contribution in [0.25, 0.3) is 0 Å². The van der Waals surface area contributed by atoms with Crippen LogP contribution in [0.4, 0.5) is 5.69 Å². The van der Waals surface area contributed by atoms with Crippen molar-refractivity contribution in [3.63, 3.8) is 0 Å². The Labute approximate surface area is 107 Å². The number of hydrogen-bond acceptors (Lipinski definition) is 3. The first-order valence-electron chi connectivity index (χ1n) is 6.21. The number of rotatable bonds is 3. The summed E-state index contributed by atoms with van der Waals surface area (Å²) in [6.07, 6.45) is 2.69. The number of nitriles is 1. The molecule has 0 aliphatic carbocycles. The van der Waals surface area contributed by atoms with Gasteiger partial charge in [0.2, 0.25) is 5.91 Å². The lowest BCUT2D eigenvalue weighted by Crippen LogP contribution is -2.33. The SMILES string of the molecule is CN(C(=O)CC1CCCN1)c1ccccc1C#N. The van der Waals surface area contributed by atoms with Gasteiger partial charge < -0.3 is 10.2 Å². The Morgan fingerprint density at radius 3 is 3.00 bits per heavy atom. The summed E-state index contributed by atoms with van der Waals surface area (Å²) in [4.78, 5) is 13.7. The predicted octanol–water partition coefficient (Wildman–Crippen LogP) is 1.66. The van der Waals surface area contributed by atoms with Crippen molar-refractivity contribution in [1.82, 2.24) is 5.32 Å². The minimum atomic E-state index is 0.0529. The van der Waals surface area contributed by atoms with Crippen LogP contribution in [0.3, 0.4) is 0 Å². The van der Waals surface area contributed by atoms with E-state index in [9.17, 15) is 4.79 Å². The van der Waals surface area contributed by atoms with E-state index in [0.29, 0.717) is 17.7 Å². The van der Waals surface area contributed by atoms with Crippen molar-refractivity contribution in [3.8, 4) is 6.07 Å². The third kappa shape index (κ3) is 2.69. The van der Waals surface area contributed by atoms with E-state index in [2.05, 4.69) is 11.4 Å². The highest BCUT2D eigenvalue weighted by Gasteiger charge is 2.21. The van der Waals surface area contributed by atoms with Gasteiger partial charge in [-0.2, -0.15) is 5.26 Å². The zero-order chi connectivity index (χ0) is 13.0. The molecule has 4 nitrogen and oxygen atoms in total. The molecule has 18 heavy (non-hydrogen) atoms. The van der Waals surface area contributed by atoms with Crippen molar-refractivity contribution in [2.75, 3.05) is 18.5 Å². The van der Waals surface area contributed by atoms with Gasteiger partial charge in [0.1, 0.15) is 6.07 Å². The molecule has 1 unspecified atom stereocenters. The number of hydrogen-bond donors (Lipinski definition) is 1. The molecule has 1 aliphatic heterocycles. The highest BCUT2D eigenvalue weighted by Crippen LogP contribution is 2.20. The van der Waals surface area contributed by atoms with Crippen LogP contribution in [-0.2, 0) is 4.79 Å². The molecule has 1 fully saturated rings. The summed E-state index contributed by atoms with van der Waals surface area (Å²) < 4.78 is 0. The summed E-state index contributed by atoms with van der Waals surface area (Å²) in [6, 6.07) is 9.58. The maximum atomic E-state index is 12.1. The zero-order valence-corrected chi connectivity index (χ0v) is 10.5. The first-order valence-corrected chi connectivity index (χ1v) is 6.21. The molecule has 1 aliphatic rings. The molecule has 1 saturated heterocycles. The summed E-state index contributed by atoms with van der Waals surface area (Å²) in [7, 11) is 1.73. The van der Waals surface area contributed by atoms with Crippen LogP contribution in [0.5, 0.6) is 0 Å². The van der Waals surface area contributed by atoms with Crippen molar-refractivity contribution in [2.24, 2.45) is 0 Å². The Kier molecular flexibility index (Phi) is 3.96. The predicted molar refractivity (Wildman–Crippen MR) is 70.2 cm³/mol. The Bertz CT molecular complexity index is 472. The van der Waals surface area contributed by atoms with E-state index in [4.69, 9.17) is 5.26 Å². The summed E-state index contributed by atoms with van der Waals surface area (Å²) >= 11 is 0. The molecule has 0 aromatic heterocycles. The topological polar surface area (TPSA) is 56.1 Å². The number of carbonyl (C=O) groups excluding carboxylic acids is 1. The number of para-hydroxylation sites is 1. The molecular weight excluding hydrogens is 226 g/mol. The van der Waals surface area contributed by atoms with Crippen LogP contribution in [0.1, 0.15) is 24.8 Å². The standard InChI is InChI=1S/C14H17N3O/c1-17(13-7-3-2-5-11(13)10-15)14(18)9-12-6-4-8-16-12/h2-3,5,7,12,16H,4,6,8-9H2,1H3. The largest absolute Gasteiger partial charge is 0.314 e.